The van der Waals surface area contributed by atoms with Gasteiger partial charge in [0.2, 0.25) is 0 Å². The van der Waals surface area contributed by atoms with Gasteiger partial charge in [0.05, 0.1) is 5.60 Å². The minimum Gasteiger partial charge on any atom is -0.376 e. The number of hydrogen-bond donors (Lipinski definition) is 1. The van der Waals surface area contributed by atoms with E-state index >= 15 is 0 Å². The van der Waals surface area contributed by atoms with Crippen molar-refractivity contribution in [3.05, 3.63) is 35.4 Å². The number of rotatable bonds is 9. The lowest BCUT2D eigenvalue weighted by Gasteiger charge is -2.23. The van der Waals surface area contributed by atoms with Crippen LogP contribution in [0.3, 0.4) is 0 Å². The summed E-state index contributed by atoms with van der Waals surface area (Å²) in [5.41, 5.74) is 2.83. The van der Waals surface area contributed by atoms with E-state index in [1.165, 1.54) is 17.5 Å². The highest BCUT2D eigenvalue weighted by Crippen LogP contribution is 2.17. The lowest BCUT2D eigenvalue weighted by molar-refractivity contribution is -0.00920. The van der Waals surface area contributed by atoms with E-state index in [4.69, 9.17) is 4.74 Å². The third-order valence-corrected chi connectivity index (χ3v) is 3.69. The van der Waals surface area contributed by atoms with Crippen molar-refractivity contribution in [2.75, 3.05) is 19.7 Å². The molecule has 0 amide bonds. The molecular weight excluding hydrogens is 258 g/mol. The maximum Gasteiger partial charge on any atom is 0.0598 e. The van der Waals surface area contributed by atoms with Gasteiger partial charge < -0.3 is 10.1 Å². The summed E-state index contributed by atoms with van der Waals surface area (Å²) in [7, 11) is 0. The van der Waals surface area contributed by atoms with E-state index in [0.29, 0.717) is 5.92 Å². The van der Waals surface area contributed by atoms with Gasteiger partial charge >= 0.3 is 0 Å². The lowest BCUT2D eigenvalue weighted by atomic mass is 9.93. The number of hydrogen-bond acceptors (Lipinski definition) is 2. The van der Waals surface area contributed by atoms with E-state index in [1.807, 2.05) is 0 Å². The van der Waals surface area contributed by atoms with Crippen LogP contribution in [0.15, 0.2) is 24.3 Å². The van der Waals surface area contributed by atoms with Gasteiger partial charge in [-0.25, -0.2) is 0 Å². The van der Waals surface area contributed by atoms with Crippen LogP contribution in [0.2, 0.25) is 0 Å². The van der Waals surface area contributed by atoms with Crippen LogP contribution in [0.5, 0.6) is 0 Å². The Bertz CT molecular complexity index is 395. The smallest absolute Gasteiger partial charge is 0.0598 e. The van der Waals surface area contributed by atoms with Gasteiger partial charge in [-0.05, 0) is 77.1 Å². The Morgan fingerprint density at radius 2 is 1.90 bits per heavy atom. The molecule has 1 atom stereocenters. The monoisotopic (exact) mass is 291 g/mol. The predicted molar refractivity (Wildman–Crippen MR) is 91.9 cm³/mol. The zero-order valence-corrected chi connectivity index (χ0v) is 14.5. The van der Waals surface area contributed by atoms with Gasteiger partial charge in [-0.1, -0.05) is 31.2 Å². The normalized spacial score (nSPS) is 13.4. The first-order valence-corrected chi connectivity index (χ1v) is 8.31. The molecule has 0 radical (unpaired) electrons. The maximum atomic E-state index is 5.91. The van der Waals surface area contributed by atoms with E-state index < -0.39 is 0 Å². The Kier molecular flexibility index (Phi) is 7.98. The third-order valence-electron chi connectivity index (χ3n) is 3.69. The van der Waals surface area contributed by atoms with Gasteiger partial charge in [0.15, 0.2) is 0 Å². The van der Waals surface area contributed by atoms with Crippen LogP contribution in [-0.2, 0) is 11.2 Å². The summed E-state index contributed by atoms with van der Waals surface area (Å²) in [6.45, 7) is 13.8. The fraction of sp³-hybridized carbons (Fsp3) is 0.684. The van der Waals surface area contributed by atoms with Gasteiger partial charge in [0.1, 0.15) is 0 Å². The van der Waals surface area contributed by atoms with E-state index in [1.54, 1.807) is 0 Å². The highest BCUT2D eigenvalue weighted by atomic mass is 16.5. The molecule has 1 unspecified atom stereocenters. The first kappa shape index (κ1) is 18.2. The zero-order chi connectivity index (χ0) is 15.7. The Morgan fingerprint density at radius 1 is 1.19 bits per heavy atom. The lowest BCUT2D eigenvalue weighted by Crippen LogP contribution is -2.28. The minimum absolute atomic E-state index is 0.0376. The van der Waals surface area contributed by atoms with Crippen LogP contribution < -0.4 is 5.32 Å². The molecule has 1 N–H and O–H groups in total. The van der Waals surface area contributed by atoms with Crippen molar-refractivity contribution in [3.63, 3.8) is 0 Å². The van der Waals surface area contributed by atoms with Crippen molar-refractivity contribution in [1.29, 1.82) is 0 Å². The van der Waals surface area contributed by atoms with Crippen LogP contribution in [0.25, 0.3) is 0 Å². The summed E-state index contributed by atoms with van der Waals surface area (Å²) >= 11 is 0. The average Bonchev–Trinajstić information content (AvgIpc) is 2.40. The first-order chi connectivity index (χ1) is 9.92. The maximum absolute atomic E-state index is 5.91. The van der Waals surface area contributed by atoms with Crippen LogP contribution in [-0.4, -0.2) is 25.3 Å². The van der Waals surface area contributed by atoms with Crippen LogP contribution in [0, 0.1) is 12.8 Å². The quantitative estimate of drug-likeness (QED) is 0.683. The summed E-state index contributed by atoms with van der Waals surface area (Å²) in [6.07, 6.45) is 3.44. The van der Waals surface area contributed by atoms with Crippen LogP contribution in [0.4, 0.5) is 0 Å². The molecule has 21 heavy (non-hydrogen) atoms. The summed E-state index contributed by atoms with van der Waals surface area (Å²) in [4.78, 5) is 0. The Hall–Kier alpha value is -0.860. The molecule has 1 aromatic rings. The zero-order valence-electron chi connectivity index (χ0n) is 14.5. The highest BCUT2D eigenvalue weighted by Gasteiger charge is 2.14. The van der Waals surface area contributed by atoms with Crippen molar-refractivity contribution >= 4 is 0 Å². The molecule has 0 heterocycles. The largest absolute Gasteiger partial charge is 0.376 e. The predicted octanol–water partition coefficient (Wildman–Crippen LogP) is 4.36. The molecule has 2 heteroatoms. The van der Waals surface area contributed by atoms with E-state index in [9.17, 15) is 0 Å². The molecule has 0 aliphatic rings. The number of benzene rings is 1. The molecule has 0 fully saturated rings. The third kappa shape index (κ3) is 8.23. The van der Waals surface area contributed by atoms with Crippen molar-refractivity contribution in [2.24, 2.45) is 5.92 Å². The van der Waals surface area contributed by atoms with Crippen molar-refractivity contribution < 1.29 is 4.74 Å². The molecular formula is C19H33NO. The molecule has 1 aromatic carbocycles. The molecule has 120 valence electrons. The van der Waals surface area contributed by atoms with Gasteiger partial charge in [0, 0.05) is 6.61 Å². The van der Waals surface area contributed by atoms with Crippen molar-refractivity contribution in [1.82, 2.24) is 5.32 Å². The van der Waals surface area contributed by atoms with Crippen molar-refractivity contribution in [2.45, 2.75) is 59.5 Å². The van der Waals surface area contributed by atoms with E-state index in [2.05, 4.69) is 64.2 Å². The van der Waals surface area contributed by atoms with Gasteiger partial charge in [-0.3, -0.25) is 0 Å². The molecule has 0 saturated heterocycles. The molecule has 1 rings (SSSR count). The summed E-state index contributed by atoms with van der Waals surface area (Å²) < 4.78 is 5.91. The topological polar surface area (TPSA) is 21.3 Å². The van der Waals surface area contributed by atoms with Gasteiger partial charge in [0.25, 0.3) is 0 Å². The van der Waals surface area contributed by atoms with E-state index in [-0.39, 0.29) is 5.60 Å². The second-order valence-electron chi connectivity index (χ2n) is 6.95. The van der Waals surface area contributed by atoms with Crippen molar-refractivity contribution in [3.8, 4) is 0 Å². The fourth-order valence-corrected chi connectivity index (χ4v) is 2.44. The molecule has 0 aliphatic carbocycles. The number of aryl methyl sites for hydroxylation is 1. The number of nitrogens with one attached hydrogen (secondary N) is 1. The molecule has 0 saturated carbocycles. The first-order valence-electron chi connectivity index (χ1n) is 8.31. The van der Waals surface area contributed by atoms with Gasteiger partial charge in [-0.15, -0.1) is 0 Å². The SMILES string of the molecule is CCCNCC(CCOC(C)(C)C)Cc1ccccc1C. The second kappa shape index (κ2) is 9.22. The molecule has 0 aliphatic heterocycles. The Morgan fingerprint density at radius 3 is 2.52 bits per heavy atom. The second-order valence-corrected chi connectivity index (χ2v) is 6.95. The van der Waals surface area contributed by atoms with Crippen LogP contribution >= 0.6 is 0 Å². The summed E-state index contributed by atoms with van der Waals surface area (Å²) in [5.74, 6) is 0.639. The summed E-state index contributed by atoms with van der Waals surface area (Å²) in [5, 5.41) is 3.57. The van der Waals surface area contributed by atoms with Crippen LogP contribution in [0.1, 0.15) is 51.7 Å². The fourth-order valence-electron chi connectivity index (χ4n) is 2.44. The highest BCUT2D eigenvalue weighted by molar-refractivity contribution is 5.25. The summed E-state index contributed by atoms with van der Waals surface area (Å²) in [6, 6.07) is 8.72. The molecule has 0 spiro atoms. The molecule has 2 nitrogen and oxygen atoms in total. The Balaban J connectivity index is 2.53. The Labute approximate surface area is 131 Å². The van der Waals surface area contributed by atoms with E-state index in [0.717, 1.165) is 32.5 Å². The average molecular weight is 291 g/mol. The minimum atomic E-state index is -0.0376. The molecule has 0 aromatic heterocycles. The standard InChI is InChI=1S/C19H33NO/c1-6-12-20-15-17(11-13-21-19(3,4)5)14-18-10-8-7-9-16(18)2/h7-10,17,20H,6,11-15H2,1-5H3. The number of ether oxygens (including phenoxy) is 1. The molecule has 0 bridgehead atoms. The van der Waals surface area contributed by atoms with Gasteiger partial charge in [-0.2, -0.15) is 0 Å².